The topological polar surface area (TPSA) is 35.2 Å². The highest BCUT2D eigenvalue weighted by atomic mass is 16.5. The molecular formula is C13H21NO. The summed E-state index contributed by atoms with van der Waals surface area (Å²) in [5.41, 5.74) is 7.79. The fourth-order valence-corrected chi connectivity index (χ4v) is 1.67. The Bertz CT molecular complexity index is 297. The third-order valence-electron chi connectivity index (χ3n) is 2.62. The molecule has 0 saturated heterocycles. The molecule has 0 fully saturated rings. The minimum atomic E-state index is 0.717. The maximum Gasteiger partial charge on any atom is 0.142 e. The van der Waals surface area contributed by atoms with Crippen molar-refractivity contribution in [3.05, 3.63) is 23.8 Å². The van der Waals surface area contributed by atoms with Gasteiger partial charge in [-0.25, -0.2) is 0 Å². The minimum absolute atomic E-state index is 0.717. The summed E-state index contributed by atoms with van der Waals surface area (Å²) in [7, 11) is 1.66. The van der Waals surface area contributed by atoms with Crippen LogP contribution < -0.4 is 10.5 Å². The molecule has 1 rings (SSSR count). The van der Waals surface area contributed by atoms with E-state index in [0.29, 0.717) is 0 Å². The average molecular weight is 207 g/mol. The van der Waals surface area contributed by atoms with Gasteiger partial charge in [0.2, 0.25) is 0 Å². The van der Waals surface area contributed by atoms with Crippen molar-refractivity contribution in [2.24, 2.45) is 0 Å². The summed E-state index contributed by atoms with van der Waals surface area (Å²) < 4.78 is 5.19. The van der Waals surface area contributed by atoms with E-state index in [-0.39, 0.29) is 0 Å². The number of ether oxygens (including phenoxy) is 1. The highest BCUT2D eigenvalue weighted by molar-refractivity contribution is 5.53. The molecule has 0 aromatic heterocycles. The Hall–Kier alpha value is -1.18. The standard InChI is InChI=1S/C13H21NO/c1-3-4-5-6-7-11-8-9-12(14)13(10-11)15-2/h8-10H,3-7,14H2,1-2H3. The zero-order chi connectivity index (χ0) is 11.1. The van der Waals surface area contributed by atoms with Crippen molar-refractivity contribution >= 4 is 5.69 Å². The van der Waals surface area contributed by atoms with Crippen LogP contribution in [0.1, 0.15) is 38.2 Å². The molecule has 2 nitrogen and oxygen atoms in total. The van der Waals surface area contributed by atoms with Crippen LogP contribution in [0, 0.1) is 0 Å². The lowest BCUT2D eigenvalue weighted by atomic mass is 10.1. The first-order valence-electron chi connectivity index (χ1n) is 5.70. The van der Waals surface area contributed by atoms with E-state index in [4.69, 9.17) is 10.5 Å². The van der Waals surface area contributed by atoms with Gasteiger partial charge in [-0.2, -0.15) is 0 Å². The molecule has 0 atom stereocenters. The van der Waals surface area contributed by atoms with Crippen molar-refractivity contribution < 1.29 is 4.74 Å². The number of hydrogen-bond donors (Lipinski definition) is 1. The summed E-state index contributed by atoms with van der Waals surface area (Å²) in [6, 6.07) is 6.05. The maximum absolute atomic E-state index is 5.75. The van der Waals surface area contributed by atoms with Crippen LogP contribution in [0.2, 0.25) is 0 Å². The maximum atomic E-state index is 5.75. The fraction of sp³-hybridized carbons (Fsp3) is 0.538. The largest absolute Gasteiger partial charge is 0.495 e. The van der Waals surface area contributed by atoms with Gasteiger partial charge in [0, 0.05) is 0 Å². The van der Waals surface area contributed by atoms with Crippen molar-refractivity contribution in [3.8, 4) is 5.75 Å². The van der Waals surface area contributed by atoms with Crippen LogP contribution in [0.3, 0.4) is 0 Å². The van der Waals surface area contributed by atoms with Gasteiger partial charge in [-0.1, -0.05) is 32.3 Å². The molecule has 0 aliphatic carbocycles. The quantitative estimate of drug-likeness (QED) is 0.573. The van der Waals surface area contributed by atoms with Crippen molar-refractivity contribution in [3.63, 3.8) is 0 Å². The van der Waals surface area contributed by atoms with Gasteiger partial charge < -0.3 is 10.5 Å². The molecule has 0 spiro atoms. The molecule has 0 unspecified atom stereocenters. The highest BCUT2D eigenvalue weighted by Gasteiger charge is 2.00. The Morgan fingerprint density at radius 3 is 2.67 bits per heavy atom. The molecule has 1 aromatic rings. The predicted molar refractivity (Wildman–Crippen MR) is 65.3 cm³/mol. The monoisotopic (exact) mass is 207 g/mol. The van der Waals surface area contributed by atoms with E-state index in [1.807, 2.05) is 12.1 Å². The van der Waals surface area contributed by atoms with Crippen molar-refractivity contribution in [2.75, 3.05) is 12.8 Å². The zero-order valence-electron chi connectivity index (χ0n) is 9.75. The lowest BCUT2D eigenvalue weighted by molar-refractivity contribution is 0.416. The van der Waals surface area contributed by atoms with Crippen LogP contribution in [-0.4, -0.2) is 7.11 Å². The number of aryl methyl sites for hydroxylation is 1. The molecule has 0 heterocycles. The van der Waals surface area contributed by atoms with Gasteiger partial charge in [0.05, 0.1) is 12.8 Å². The lowest BCUT2D eigenvalue weighted by Gasteiger charge is -2.07. The van der Waals surface area contributed by atoms with E-state index in [9.17, 15) is 0 Å². The summed E-state index contributed by atoms with van der Waals surface area (Å²) in [6.45, 7) is 2.23. The Morgan fingerprint density at radius 2 is 2.00 bits per heavy atom. The first-order valence-corrected chi connectivity index (χ1v) is 5.70. The van der Waals surface area contributed by atoms with Gasteiger partial charge in [0.15, 0.2) is 0 Å². The number of methoxy groups -OCH3 is 1. The molecule has 2 heteroatoms. The summed E-state index contributed by atoms with van der Waals surface area (Å²) in [6.07, 6.45) is 6.29. The predicted octanol–water partition coefficient (Wildman–Crippen LogP) is 3.40. The van der Waals surface area contributed by atoms with Gasteiger partial charge in [0.1, 0.15) is 5.75 Å². The SMILES string of the molecule is CCCCCCc1ccc(N)c(OC)c1. The number of nitrogen functional groups attached to an aromatic ring is 1. The average Bonchev–Trinajstić information content (AvgIpc) is 2.26. The van der Waals surface area contributed by atoms with Gasteiger partial charge >= 0.3 is 0 Å². The summed E-state index contributed by atoms with van der Waals surface area (Å²) in [4.78, 5) is 0. The number of rotatable bonds is 6. The third kappa shape index (κ3) is 3.82. The van der Waals surface area contributed by atoms with E-state index >= 15 is 0 Å². The van der Waals surface area contributed by atoms with E-state index in [1.54, 1.807) is 7.11 Å². The minimum Gasteiger partial charge on any atom is -0.495 e. The second-order valence-corrected chi connectivity index (χ2v) is 3.89. The van der Waals surface area contributed by atoms with E-state index in [0.717, 1.165) is 17.9 Å². The number of unbranched alkanes of at least 4 members (excludes halogenated alkanes) is 3. The molecule has 15 heavy (non-hydrogen) atoms. The van der Waals surface area contributed by atoms with Gasteiger partial charge in [-0.3, -0.25) is 0 Å². The first kappa shape index (κ1) is 11.9. The van der Waals surface area contributed by atoms with Gasteiger partial charge in [0.25, 0.3) is 0 Å². The van der Waals surface area contributed by atoms with Gasteiger partial charge in [-0.15, -0.1) is 0 Å². The number of anilines is 1. The van der Waals surface area contributed by atoms with E-state index in [1.165, 1.54) is 31.2 Å². The van der Waals surface area contributed by atoms with E-state index < -0.39 is 0 Å². The van der Waals surface area contributed by atoms with Crippen LogP contribution in [-0.2, 0) is 6.42 Å². The molecule has 1 aromatic carbocycles. The molecular weight excluding hydrogens is 186 g/mol. The molecule has 2 N–H and O–H groups in total. The molecule has 0 saturated carbocycles. The molecule has 0 bridgehead atoms. The Kier molecular flexibility index (Phi) is 5.02. The summed E-state index contributed by atoms with van der Waals surface area (Å²) >= 11 is 0. The normalized spacial score (nSPS) is 10.3. The zero-order valence-corrected chi connectivity index (χ0v) is 9.75. The Labute approximate surface area is 92.4 Å². The number of hydrogen-bond acceptors (Lipinski definition) is 2. The Balaban J connectivity index is 2.47. The number of nitrogens with two attached hydrogens (primary N) is 1. The van der Waals surface area contributed by atoms with Crippen molar-refractivity contribution in [1.82, 2.24) is 0 Å². The third-order valence-corrected chi connectivity index (χ3v) is 2.62. The molecule has 84 valence electrons. The fourth-order valence-electron chi connectivity index (χ4n) is 1.67. The van der Waals surface area contributed by atoms with Gasteiger partial charge in [-0.05, 0) is 30.5 Å². The Morgan fingerprint density at radius 1 is 1.20 bits per heavy atom. The first-order chi connectivity index (χ1) is 7.27. The number of benzene rings is 1. The summed E-state index contributed by atoms with van der Waals surface area (Å²) in [5.74, 6) is 0.794. The lowest BCUT2D eigenvalue weighted by Crippen LogP contribution is -1.94. The molecule has 0 radical (unpaired) electrons. The molecule has 0 amide bonds. The van der Waals surface area contributed by atoms with Crippen LogP contribution in [0.25, 0.3) is 0 Å². The van der Waals surface area contributed by atoms with Crippen molar-refractivity contribution in [1.29, 1.82) is 0 Å². The molecule has 0 aliphatic rings. The summed E-state index contributed by atoms with van der Waals surface area (Å²) in [5, 5.41) is 0. The molecule has 0 aliphatic heterocycles. The highest BCUT2D eigenvalue weighted by Crippen LogP contribution is 2.23. The van der Waals surface area contributed by atoms with Crippen LogP contribution >= 0.6 is 0 Å². The second-order valence-electron chi connectivity index (χ2n) is 3.89. The van der Waals surface area contributed by atoms with Crippen molar-refractivity contribution in [2.45, 2.75) is 39.0 Å². The van der Waals surface area contributed by atoms with E-state index in [2.05, 4.69) is 13.0 Å². The second kappa shape index (κ2) is 6.33. The van der Waals surface area contributed by atoms with Crippen LogP contribution in [0.4, 0.5) is 5.69 Å². The van der Waals surface area contributed by atoms with Crippen LogP contribution in [0.5, 0.6) is 5.75 Å². The van der Waals surface area contributed by atoms with Crippen LogP contribution in [0.15, 0.2) is 18.2 Å². The smallest absolute Gasteiger partial charge is 0.142 e.